The van der Waals surface area contributed by atoms with Gasteiger partial charge in [-0.25, -0.2) is 4.57 Å². The Kier molecular flexibility index (Phi) is 10.6. The topological polar surface area (TPSA) is 44.8 Å². The molecule has 0 saturated heterocycles. The maximum absolute atomic E-state index is 12.0. The van der Waals surface area contributed by atoms with Crippen LogP contribution < -0.4 is 0 Å². The van der Waals surface area contributed by atoms with Crippen LogP contribution in [0.5, 0.6) is 0 Å². The van der Waals surface area contributed by atoms with Crippen LogP contribution in [-0.4, -0.2) is 24.7 Å². The van der Waals surface area contributed by atoms with E-state index in [1.54, 1.807) is 37.4 Å². The number of rotatable bonds is 10. The molecule has 0 saturated carbocycles. The van der Waals surface area contributed by atoms with Crippen LogP contribution in [0.2, 0.25) is 0 Å². The molecule has 0 fully saturated rings. The third kappa shape index (κ3) is 8.16. The lowest BCUT2D eigenvalue weighted by Crippen LogP contribution is -1.97. The monoisotopic (exact) mass is 300 g/mol. The van der Waals surface area contributed by atoms with Gasteiger partial charge in [0.1, 0.15) is 6.26 Å². The Bertz CT molecular complexity index is 253. The first kappa shape index (κ1) is 17.4. The molecular formula is C10H21O4PS2. The van der Waals surface area contributed by atoms with Gasteiger partial charge in [-0.05, 0) is 25.4 Å². The average molecular weight is 300 g/mol. The van der Waals surface area contributed by atoms with Crippen LogP contribution in [0.4, 0.5) is 0 Å². The van der Waals surface area contributed by atoms with E-state index in [4.69, 9.17) is 13.6 Å². The molecule has 102 valence electrons. The van der Waals surface area contributed by atoms with Gasteiger partial charge in [-0.15, -0.1) is 23.5 Å². The van der Waals surface area contributed by atoms with Crippen molar-refractivity contribution < 1.29 is 18.1 Å². The SMILES string of the molecule is CCOP(=O)(OC=C(SCC)SCC)OCC. The zero-order valence-corrected chi connectivity index (χ0v) is 13.3. The third-order valence-electron chi connectivity index (χ3n) is 1.43. The van der Waals surface area contributed by atoms with Crippen molar-refractivity contribution >= 4 is 31.3 Å². The van der Waals surface area contributed by atoms with Crippen LogP contribution in [0, 0.1) is 0 Å². The lowest BCUT2D eigenvalue weighted by atomic mass is 10.9. The first-order valence-corrected chi connectivity index (χ1v) is 9.08. The quantitative estimate of drug-likeness (QED) is 0.437. The molecule has 0 aliphatic heterocycles. The number of hydrogen-bond acceptors (Lipinski definition) is 6. The van der Waals surface area contributed by atoms with Gasteiger partial charge in [-0.1, -0.05) is 13.8 Å². The average Bonchev–Trinajstić information content (AvgIpc) is 2.27. The Morgan fingerprint density at radius 2 is 1.53 bits per heavy atom. The number of hydrogen-bond donors (Lipinski definition) is 0. The first-order chi connectivity index (χ1) is 8.11. The van der Waals surface area contributed by atoms with Crippen LogP contribution in [0.15, 0.2) is 10.5 Å². The van der Waals surface area contributed by atoms with Crippen molar-refractivity contribution in [3.05, 3.63) is 10.5 Å². The highest BCUT2D eigenvalue weighted by Gasteiger charge is 2.25. The molecule has 0 amide bonds. The molecular weight excluding hydrogens is 279 g/mol. The predicted molar refractivity (Wildman–Crippen MR) is 76.3 cm³/mol. The molecule has 7 heteroatoms. The molecule has 0 N–H and O–H groups in total. The summed E-state index contributed by atoms with van der Waals surface area (Å²) in [5.41, 5.74) is 0. The van der Waals surface area contributed by atoms with Crippen LogP contribution in [-0.2, 0) is 18.1 Å². The zero-order chi connectivity index (χ0) is 13.1. The second-order valence-corrected chi connectivity index (χ2v) is 7.18. The highest BCUT2D eigenvalue weighted by atomic mass is 32.2. The molecule has 0 aliphatic carbocycles. The van der Waals surface area contributed by atoms with E-state index in [0.717, 1.165) is 15.7 Å². The van der Waals surface area contributed by atoms with Gasteiger partial charge in [0.2, 0.25) is 0 Å². The van der Waals surface area contributed by atoms with Crippen molar-refractivity contribution in [3.8, 4) is 0 Å². The van der Waals surface area contributed by atoms with Gasteiger partial charge in [-0.3, -0.25) is 9.05 Å². The van der Waals surface area contributed by atoms with E-state index in [1.165, 1.54) is 6.26 Å². The zero-order valence-electron chi connectivity index (χ0n) is 10.8. The lowest BCUT2D eigenvalue weighted by molar-refractivity contribution is 0.154. The molecule has 4 nitrogen and oxygen atoms in total. The van der Waals surface area contributed by atoms with Crippen molar-refractivity contribution in [3.63, 3.8) is 0 Å². The van der Waals surface area contributed by atoms with Gasteiger partial charge in [-0.2, -0.15) is 0 Å². The van der Waals surface area contributed by atoms with Crippen LogP contribution in [0.1, 0.15) is 27.7 Å². The number of thioether (sulfide) groups is 2. The predicted octanol–water partition coefficient (Wildman–Crippen LogP) is 4.49. The molecule has 0 rings (SSSR count). The van der Waals surface area contributed by atoms with Crippen molar-refractivity contribution in [2.24, 2.45) is 0 Å². The molecule has 0 atom stereocenters. The summed E-state index contributed by atoms with van der Waals surface area (Å²) in [6.07, 6.45) is 1.48. The number of phosphoric ester groups is 1. The Balaban J connectivity index is 4.50. The minimum absolute atomic E-state index is 0.294. The summed E-state index contributed by atoms with van der Waals surface area (Å²) in [6, 6.07) is 0. The van der Waals surface area contributed by atoms with E-state index in [-0.39, 0.29) is 0 Å². The molecule has 0 spiro atoms. The smallest absolute Gasteiger partial charge is 0.410 e. The Hall–Kier alpha value is 0.390. The molecule has 0 aromatic heterocycles. The van der Waals surface area contributed by atoms with Gasteiger partial charge in [0.25, 0.3) is 0 Å². The van der Waals surface area contributed by atoms with Gasteiger partial charge < -0.3 is 4.52 Å². The van der Waals surface area contributed by atoms with Crippen LogP contribution >= 0.6 is 31.3 Å². The van der Waals surface area contributed by atoms with Gasteiger partial charge >= 0.3 is 7.82 Å². The maximum Gasteiger partial charge on any atom is 0.529 e. The van der Waals surface area contributed by atoms with Crippen molar-refractivity contribution in [2.45, 2.75) is 27.7 Å². The molecule has 0 aromatic carbocycles. The lowest BCUT2D eigenvalue weighted by Gasteiger charge is -2.15. The Morgan fingerprint density at radius 1 is 1.06 bits per heavy atom. The second-order valence-electron chi connectivity index (χ2n) is 2.69. The summed E-state index contributed by atoms with van der Waals surface area (Å²) < 4.78 is 28.2. The van der Waals surface area contributed by atoms with Crippen LogP contribution in [0.25, 0.3) is 0 Å². The highest BCUT2D eigenvalue weighted by molar-refractivity contribution is 8.22. The normalized spacial score (nSPS) is 11.3. The summed E-state index contributed by atoms with van der Waals surface area (Å²) in [5, 5.41) is 0. The second kappa shape index (κ2) is 10.3. The molecule has 0 radical (unpaired) electrons. The van der Waals surface area contributed by atoms with Gasteiger partial charge in [0.15, 0.2) is 0 Å². The summed E-state index contributed by atoms with van der Waals surface area (Å²) in [5.74, 6) is 1.88. The fourth-order valence-electron chi connectivity index (χ4n) is 0.916. The maximum atomic E-state index is 12.0. The van der Waals surface area contributed by atoms with Crippen molar-refractivity contribution in [2.75, 3.05) is 24.7 Å². The molecule has 0 heterocycles. The van der Waals surface area contributed by atoms with Crippen molar-refractivity contribution in [1.29, 1.82) is 0 Å². The standard InChI is InChI=1S/C10H21O4PS2/c1-5-12-15(11,13-6-2)14-9-10(16-7-3)17-8-4/h9H,5-8H2,1-4H3. The van der Waals surface area contributed by atoms with E-state index >= 15 is 0 Å². The third-order valence-corrected chi connectivity index (χ3v) is 4.98. The van der Waals surface area contributed by atoms with Crippen LogP contribution in [0.3, 0.4) is 0 Å². The fraction of sp³-hybridized carbons (Fsp3) is 0.800. The highest BCUT2D eigenvalue weighted by Crippen LogP contribution is 2.50. The summed E-state index contributed by atoms with van der Waals surface area (Å²) in [7, 11) is -3.42. The molecule has 0 unspecified atom stereocenters. The molecule has 17 heavy (non-hydrogen) atoms. The minimum Gasteiger partial charge on any atom is -0.410 e. The van der Waals surface area contributed by atoms with Gasteiger partial charge in [0, 0.05) is 0 Å². The Morgan fingerprint density at radius 3 is 1.88 bits per heavy atom. The Labute approximate surface area is 112 Å². The largest absolute Gasteiger partial charge is 0.529 e. The fourth-order valence-corrected chi connectivity index (χ4v) is 3.96. The summed E-state index contributed by atoms with van der Waals surface area (Å²) in [6.45, 7) is 8.20. The van der Waals surface area contributed by atoms with E-state index < -0.39 is 7.82 Å². The minimum atomic E-state index is -3.42. The first-order valence-electron chi connectivity index (χ1n) is 5.65. The molecule has 0 aliphatic rings. The summed E-state index contributed by atoms with van der Waals surface area (Å²) in [4.78, 5) is 0. The summed E-state index contributed by atoms with van der Waals surface area (Å²) >= 11 is 3.29. The molecule has 0 bridgehead atoms. The number of phosphoric acid groups is 1. The van der Waals surface area contributed by atoms with E-state index in [2.05, 4.69) is 13.8 Å². The van der Waals surface area contributed by atoms with E-state index in [0.29, 0.717) is 13.2 Å². The van der Waals surface area contributed by atoms with E-state index in [9.17, 15) is 4.57 Å². The van der Waals surface area contributed by atoms with Crippen molar-refractivity contribution in [1.82, 2.24) is 0 Å². The van der Waals surface area contributed by atoms with Gasteiger partial charge in [0.05, 0.1) is 17.5 Å². The molecule has 0 aromatic rings. The van der Waals surface area contributed by atoms with E-state index in [1.807, 2.05) is 0 Å².